The third-order valence-electron chi connectivity index (χ3n) is 5.22. The number of unbranched alkanes of at least 4 members (excludes halogenated alkanes) is 1. The molecule has 2 nitrogen and oxygen atoms in total. The molecule has 0 aromatic carbocycles. The predicted molar refractivity (Wildman–Crippen MR) is 68.6 cm³/mol. The molecule has 0 aliphatic heterocycles. The SMILES string of the molecule is CCCCOC(=O)C1=CC2CCC1(C)C2(C)C. The van der Waals surface area contributed by atoms with E-state index in [0.29, 0.717) is 12.5 Å². The molecule has 2 bridgehead atoms. The fourth-order valence-corrected chi connectivity index (χ4v) is 3.38. The molecule has 0 N–H and O–H groups in total. The molecule has 0 saturated heterocycles. The number of hydrogen-bond donors (Lipinski definition) is 0. The Morgan fingerprint density at radius 2 is 2.18 bits per heavy atom. The highest BCUT2D eigenvalue weighted by atomic mass is 16.5. The van der Waals surface area contributed by atoms with E-state index < -0.39 is 0 Å². The second kappa shape index (κ2) is 4.15. The normalized spacial score (nSPS) is 33.6. The molecule has 0 radical (unpaired) electrons. The summed E-state index contributed by atoms with van der Waals surface area (Å²) in [7, 11) is 0. The van der Waals surface area contributed by atoms with Gasteiger partial charge in [-0.1, -0.05) is 40.2 Å². The van der Waals surface area contributed by atoms with Crippen LogP contribution < -0.4 is 0 Å². The van der Waals surface area contributed by atoms with Crippen LogP contribution in [-0.2, 0) is 9.53 Å². The summed E-state index contributed by atoms with van der Waals surface area (Å²) in [6.45, 7) is 9.47. The summed E-state index contributed by atoms with van der Waals surface area (Å²) in [6.07, 6.45) is 6.55. The number of ether oxygens (including phenoxy) is 1. The van der Waals surface area contributed by atoms with Gasteiger partial charge < -0.3 is 4.74 Å². The Balaban J connectivity index is 2.09. The van der Waals surface area contributed by atoms with E-state index in [1.54, 1.807) is 0 Å². The number of hydrogen-bond acceptors (Lipinski definition) is 2. The molecular weight excluding hydrogens is 212 g/mol. The van der Waals surface area contributed by atoms with Crippen molar-refractivity contribution in [2.24, 2.45) is 16.7 Å². The minimum atomic E-state index is -0.0729. The van der Waals surface area contributed by atoms with E-state index in [4.69, 9.17) is 4.74 Å². The molecule has 2 unspecified atom stereocenters. The molecule has 2 atom stereocenters. The van der Waals surface area contributed by atoms with Crippen LogP contribution in [-0.4, -0.2) is 12.6 Å². The van der Waals surface area contributed by atoms with Gasteiger partial charge in [-0.2, -0.15) is 0 Å². The summed E-state index contributed by atoms with van der Waals surface area (Å²) in [5, 5.41) is 0. The minimum Gasteiger partial charge on any atom is -0.462 e. The van der Waals surface area contributed by atoms with Gasteiger partial charge in [-0.15, -0.1) is 0 Å². The molecule has 2 aliphatic carbocycles. The zero-order valence-corrected chi connectivity index (χ0v) is 11.5. The standard InChI is InChI=1S/C15H24O2/c1-5-6-9-17-13(16)12-10-11-7-8-15(12,4)14(11,2)3/h10-11H,5-9H2,1-4H3. The number of rotatable bonds is 4. The number of carbonyl (C=O) groups is 1. The van der Waals surface area contributed by atoms with Crippen molar-refractivity contribution in [1.82, 2.24) is 0 Å². The molecule has 0 aromatic rings. The van der Waals surface area contributed by atoms with E-state index in [0.717, 1.165) is 24.8 Å². The lowest BCUT2D eigenvalue weighted by Crippen LogP contribution is -2.33. The van der Waals surface area contributed by atoms with Crippen molar-refractivity contribution < 1.29 is 9.53 Å². The summed E-state index contributed by atoms with van der Waals surface area (Å²) >= 11 is 0. The summed E-state index contributed by atoms with van der Waals surface area (Å²) in [4.78, 5) is 12.1. The number of esters is 1. The first-order valence-electron chi connectivity index (χ1n) is 6.83. The Kier molecular flexibility index (Phi) is 3.09. The smallest absolute Gasteiger partial charge is 0.334 e. The lowest BCUT2D eigenvalue weighted by atomic mass is 9.67. The van der Waals surface area contributed by atoms with Crippen molar-refractivity contribution >= 4 is 5.97 Å². The van der Waals surface area contributed by atoms with Gasteiger partial charge in [0, 0.05) is 11.0 Å². The molecule has 0 amide bonds. The molecule has 17 heavy (non-hydrogen) atoms. The Labute approximate surface area is 104 Å². The Morgan fingerprint density at radius 1 is 1.47 bits per heavy atom. The van der Waals surface area contributed by atoms with Gasteiger partial charge in [-0.3, -0.25) is 0 Å². The lowest BCUT2D eigenvalue weighted by molar-refractivity contribution is -0.140. The summed E-state index contributed by atoms with van der Waals surface area (Å²) in [5.74, 6) is 0.484. The molecule has 2 heteroatoms. The summed E-state index contributed by atoms with van der Waals surface area (Å²) in [6, 6.07) is 0. The molecular formula is C15H24O2. The van der Waals surface area contributed by atoms with Gasteiger partial charge in [-0.05, 0) is 30.6 Å². The van der Waals surface area contributed by atoms with E-state index in [2.05, 4.69) is 33.8 Å². The Morgan fingerprint density at radius 3 is 2.65 bits per heavy atom. The van der Waals surface area contributed by atoms with Crippen LogP contribution in [0.2, 0.25) is 0 Å². The van der Waals surface area contributed by atoms with Gasteiger partial charge in [0.15, 0.2) is 0 Å². The van der Waals surface area contributed by atoms with Crippen molar-refractivity contribution in [3.63, 3.8) is 0 Å². The molecule has 0 spiro atoms. The van der Waals surface area contributed by atoms with Gasteiger partial charge in [0.25, 0.3) is 0 Å². The van der Waals surface area contributed by atoms with Crippen molar-refractivity contribution in [2.75, 3.05) is 6.61 Å². The molecule has 0 aromatic heterocycles. The van der Waals surface area contributed by atoms with Crippen molar-refractivity contribution in [2.45, 2.75) is 53.4 Å². The molecule has 2 rings (SSSR count). The second-order valence-electron chi connectivity index (χ2n) is 6.27. The van der Waals surface area contributed by atoms with Crippen LogP contribution >= 0.6 is 0 Å². The van der Waals surface area contributed by atoms with Crippen LogP contribution in [0.4, 0.5) is 0 Å². The zero-order valence-electron chi connectivity index (χ0n) is 11.5. The third-order valence-corrected chi connectivity index (χ3v) is 5.22. The Hall–Kier alpha value is -0.790. The fourth-order valence-electron chi connectivity index (χ4n) is 3.38. The highest BCUT2D eigenvalue weighted by Crippen LogP contribution is 2.65. The number of carbonyl (C=O) groups excluding carboxylic acids is 1. The second-order valence-corrected chi connectivity index (χ2v) is 6.27. The van der Waals surface area contributed by atoms with Gasteiger partial charge in [0.2, 0.25) is 0 Å². The van der Waals surface area contributed by atoms with Gasteiger partial charge in [-0.25, -0.2) is 4.79 Å². The maximum atomic E-state index is 12.1. The monoisotopic (exact) mass is 236 g/mol. The highest BCUT2D eigenvalue weighted by Gasteiger charge is 2.59. The average Bonchev–Trinajstić information content (AvgIpc) is 2.61. The quantitative estimate of drug-likeness (QED) is 0.549. The van der Waals surface area contributed by atoms with Crippen LogP contribution in [0.5, 0.6) is 0 Å². The lowest BCUT2D eigenvalue weighted by Gasteiger charge is -2.36. The fraction of sp³-hybridized carbons (Fsp3) is 0.800. The van der Waals surface area contributed by atoms with E-state index in [9.17, 15) is 4.79 Å². The first-order valence-corrected chi connectivity index (χ1v) is 6.83. The molecule has 2 aliphatic rings. The number of allylic oxidation sites excluding steroid dienone is 1. The van der Waals surface area contributed by atoms with Crippen LogP contribution in [0, 0.1) is 16.7 Å². The maximum Gasteiger partial charge on any atom is 0.334 e. The van der Waals surface area contributed by atoms with Gasteiger partial charge >= 0.3 is 5.97 Å². The highest BCUT2D eigenvalue weighted by molar-refractivity contribution is 5.91. The zero-order chi connectivity index (χ0) is 12.7. The topological polar surface area (TPSA) is 26.3 Å². The van der Waals surface area contributed by atoms with Crippen LogP contribution in [0.25, 0.3) is 0 Å². The average molecular weight is 236 g/mol. The first-order chi connectivity index (χ1) is 7.93. The van der Waals surface area contributed by atoms with E-state index >= 15 is 0 Å². The Bertz CT molecular complexity index is 354. The molecule has 1 fully saturated rings. The van der Waals surface area contributed by atoms with Crippen LogP contribution in [0.1, 0.15) is 53.4 Å². The summed E-state index contributed by atoms with van der Waals surface area (Å²) < 4.78 is 5.37. The third kappa shape index (κ3) is 1.73. The van der Waals surface area contributed by atoms with Gasteiger partial charge in [0.05, 0.1) is 6.61 Å². The van der Waals surface area contributed by atoms with Crippen molar-refractivity contribution in [3.8, 4) is 0 Å². The van der Waals surface area contributed by atoms with E-state index in [1.165, 1.54) is 6.42 Å². The van der Waals surface area contributed by atoms with Gasteiger partial charge in [0.1, 0.15) is 0 Å². The maximum absolute atomic E-state index is 12.1. The molecule has 1 saturated carbocycles. The minimum absolute atomic E-state index is 0.0287. The number of fused-ring (bicyclic) bond motifs is 2. The van der Waals surface area contributed by atoms with E-state index in [1.807, 2.05) is 0 Å². The van der Waals surface area contributed by atoms with Crippen molar-refractivity contribution in [1.29, 1.82) is 0 Å². The largest absolute Gasteiger partial charge is 0.462 e. The van der Waals surface area contributed by atoms with Crippen molar-refractivity contribution in [3.05, 3.63) is 11.6 Å². The summed E-state index contributed by atoms with van der Waals surface area (Å²) in [5.41, 5.74) is 1.18. The first kappa shape index (κ1) is 12.7. The van der Waals surface area contributed by atoms with E-state index in [-0.39, 0.29) is 16.8 Å². The predicted octanol–water partition coefficient (Wildman–Crippen LogP) is 3.71. The van der Waals surface area contributed by atoms with Crippen LogP contribution in [0.3, 0.4) is 0 Å². The van der Waals surface area contributed by atoms with Crippen LogP contribution in [0.15, 0.2) is 11.6 Å². The molecule has 96 valence electrons. The molecule has 0 heterocycles.